The van der Waals surface area contributed by atoms with E-state index in [1.54, 1.807) is 13.8 Å². The van der Waals surface area contributed by atoms with Crippen molar-refractivity contribution >= 4 is 17.8 Å². The largest absolute Gasteiger partial charge is 0.353 e. The lowest BCUT2D eigenvalue weighted by atomic mass is 10.1. The van der Waals surface area contributed by atoms with Gasteiger partial charge in [0.1, 0.15) is 5.54 Å². The van der Waals surface area contributed by atoms with Crippen molar-refractivity contribution in [2.75, 3.05) is 6.54 Å². The van der Waals surface area contributed by atoms with Crippen molar-refractivity contribution in [3.05, 3.63) is 0 Å². The van der Waals surface area contributed by atoms with Gasteiger partial charge in [0.25, 0.3) is 5.91 Å². The molecule has 0 aromatic heterocycles. The third-order valence-corrected chi connectivity index (χ3v) is 3.73. The van der Waals surface area contributed by atoms with Gasteiger partial charge in [-0.15, -0.1) is 0 Å². The Kier molecular flexibility index (Phi) is 3.78. The Hall–Kier alpha value is -1.59. The molecule has 1 aliphatic carbocycles. The molecule has 0 spiro atoms. The van der Waals surface area contributed by atoms with Crippen LogP contribution in [0, 0.1) is 0 Å². The zero-order valence-corrected chi connectivity index (χ0v) is 11.5. The van der Waals surface area contributed by atoms with Crippen LogP contribution in [0.25, 0.3) is 0 Å². The number of hydrogen-bond donors (Lipinski definition) is 2. The predicted octanol–water partition coefficient (Wildman–Crippen LogP) is 0.766. The minimum absolute atomic E-state index is 0.0859. The lowest BCUT2D eigenvalue weighted by Crippen LogP contribution is -2.41. The molecule has 0 bridgehead atoms. The first-order valence-corrected chi connectivity index (χ1v) is 6.83. The van der Waals surface area contributed by atoms with E-state index in [-0.39, 0.29) is 30.8 Å². The predicted molar refractivity (Wildman–Crippen MR) is 69.3 cm³/mol. The summed E-state index contributed by atoms with van der Waals surface area (Å²) in [5.74, 6) is -0.358. The van der Waals surface area contributed by atoms with Gasteiger partial charge in [-0.2, -0.15) is 0 Å². The van der Waals surface area contributed by atoms with E-state index in [1.807, 2.05) is 0 Å². The molecule has 2 N–H and O–H groups in total. The van der Waals surface area contributed by atoms with E-state index < -0.39 is 11.6 Å². The van der Waals surface area contributed by atoms with Crippen molar-refractivity contribution in [2.45, 2.75) is 57.5 Å². The van der Waals surface area contributed by atoms with Gasteiger partial charge in [0.15, 0.2) is 0 Å². The van der Waals surface area contributed by atoms with Gasteiger partial charge in [-0.25, -0.2) is 4.79 Å². The van der Waals surface area contributed by atoms with Crippen LogP contribution in [0.4, 0.5) is 4.79 Å². The highest BCUT2D eigenvalue weighted by Gasteiger charge is 2.44. The zero-order valence-electron chi connectivity index (χ0n) is 11.5. The molecule has 4 amide bonds. The minimum atomic E-state index is -0.862. The molecule has 0 unspecified atom stereocenters. The molecule has 0 aromatic rings. The number of nitrogens with one attached hydrogen (secondary N) is 2. The Balaban J connectivity index is 1.80. The van der Waals surface area contributed by atoms with Crippen molar-refractivity contribution in [1.82, 2.24) is 15.5 Å². The first-order chi connectivity index (χ1) is 8.90. The van der Waals surface area contributed by atoms with Gasteiger partial charge in [-0.3, -0.25) is 14.5 Å². The van der Waals surface area contributed by atoms with Gasteiger partial charge in [-0.05, 0) is 26.7 Å². The second-order valence-electron chi connectivity index (χ2n) is 5.81. The Labute approximate surface area is 112 Å². The topological polar surface area (TPSA) is 78.5 Å². The first-order valence-electron chi connectivity index (χ1n) is 6.83. The molecule has 1 saturated carbocycles. The maximum atomic E-state index is 11.9. The zero-order chi connectivity index (χ0) is 14.0. The summed E-state index contributed by atoms with van der Waals surface area (Å²) in [4.78, 5) is 36.4. The molecule has 6 heteroatoms. The summed E-state index contributed by atoms with van der Waals surface area (Å²) >= 11 is 0. The van der Waals surface area contributed by atoms with Gasteiger partial charge >= 0.3 is 6.03 Å². The van der Waals surface area contributed by atoms with Crippen LogP contribution in [0.3, 0.4) is 0 Å². The standard InChI is InChI=1S/C13H21N3O3/c1-13(2)11(18)16(12(19)15-13)8-7-10(17)14-9-5-3-4-6-9/h9H,3-8H2,1-2H3,(H,14,17)(H,15,19). The molecule has 6 nitrogen and oxygen atoms in total. The van der Waals surface area contributed by atoms with E-state index in [2.05, 4.69) is 10.6 Å². The minimum Gasteiger partial charge on any atom is -0.353 e. The van der Waals surface area contributed by atoms with Crippen LogP contribution in [0.5, 0.6) is 0 Å². The van der Waals surface area contributed by atoms with Gasteiger partial charge < -0.3 is 10.6 Å². The second kappa shape index (κ2) is 5.19. The molecular weight excluding hydrogens is 246 g/mol. The molecule has 0 radical (unpaired) electrons. The summed E-state index contributed by atoms with van der Waals surface area (Å²) in [6.45, 7) is 3.46. The third-order valence-electron chi connectivity index (χ3n) is 3.73. The van der Waals surface area contributed by atoms with E-state index >= 15 is 0 Å². The molecular formula is C13H21N3O3. The normalized spacial score (nSPS) is 22.7. The maximum absolute atomic E-state index is 11.9. The number of amides is 4. The SMILES string of the molecule is CC1(C)NC(=O)N(CCC(=O)NC2CCCC2)C1=O. The van der Waals surface area contributed by atoms with Crippen molar-refractivity contribution in [1.29, 1.82) is 0 Å². The lowest BCUT2D eigenvalue weighted by Gasteiger charge is -2.16. The van der Waals surface area contributed by atoms with Crippen molar-refractivity contribution in [3.8, 4) is 0 Å². The van der Waals surface area contributed by atoms with Crippen molar-refractivity contribution < 1.29 is 14.4 Å². The highest BCUT2D eigenvalue weighted by Crippen LogP contribution is 2.18. The molecule has 1 saturated heterocycles. The molecule has 2 rings (SSSR count). The van der Waals surface area contributed by atoms with E-state index in [4.69, 9.17) is 0 Å². The summed E-state index contributed by atoms with van der Waals surface area (Å²) in [6.07, 6.45) is 4.55. The van der Waals surface area contributed by atoms with Gasteiger partial charge in [0, 0.05) is 19.0 Å². The average Bonchev–Trinajstić information content (AvgIpc) is 2.86. The first kappa shape index (κ1) is 13.8. The summed E-state index contributed by atoms with van der Waals surface area (Å²) < 4.78 is 0. The quantitative estimate of drug-likeness (QED) is 0.738. The molecule has 0 aromatic carbocycles. The Morgan fingerprint density at radius 1 is 1.37 bits per heavy atom. The average molecular weight is 267 g/mol. The number of carbonyl (C=O) groups is 3. The summed E-state index contributed by atoms with van der Waals surface area (Å²) in [5, 5.41) is 5.54. The van der Waals surface area contributed by atoms with Crippen molar-refractivity contribution in [3.63, 3.8) is 0 Å². The van der Waals surface area contributed by atoms with E-state index in [1.165, 1.54) is 0 Å². The van der Waals surface area contributed by atoms with Crippen LogP contribution in [0.1, 0.15) is 46.0 Å². The summed E-state index contributed by atoms with van der Waals surface area (Å²) in [7, 11) is 0. The van der Waals surface area contributed by atoms with Crippen molar-refractivity contribution in [2.24, 2.45) is 0 Å². The fraction of sp³-hybridized carbons (Fsp3) is 0.769. The number of urea groups is 1. The van der Waals surface area contributed by atoms with Gasteiger partial charge in [0.05, 0.1) is 0 Å². The fourth-order valence-electron chi connectivity index (χ4n) is 2.60. The maximum Gasteiger partial charge on any atom is 0.325 e. The number of nitrogens with zero attached hydrogens (tertiary/aromatic N) is 1. The van der Waals surface area contributed by atoms with Gasteiger partial charge in [-0.1, -0.05) is 12.8 Å². The van der Waals surface area contributed by atoms with E-state index in [0.717, 1.165) is 30.6 Å². The highest BCUT2D eigenvalue weighted by atomic mass is 16.2. The molecule has 106 valence electrons. The lowest BCUT2D eigenvalue weighted by molar-refractivity contribution is -0.130. The van der Waals surface area contributed by atoms with Crippen LogP contribution >= 0.6 is 0 Å². The second-order valence-corrected chi connectivity index (χ2v) is 5.81. The highest BCUT2D eigenvalue weighted by molar-refractivity contribution is 6.06. The smallest absolute Gasteiger partial charge is 0.325 e. The number of hydrogen-bond acceptors (Lipinski definition) is 3. The van der Waals surface area contributed by atoms with Crippen LogP contribution in [0.2, 0.25) is 0 Å². The molecule has 1 aliphatic heterocycles. The van der Waals surface area contributed by atoms with Crippen LogP contribution in [-0.4, -0.2) is 40.9 Å². The Morgan fingerprint density at radius 2 is 2.00 bits per heavy atom. The number of rotatable bonds is 4. The van der Waals surface area contributed by atoms with Crippen LogP contribution in [0.15, 0.2) is 0 Å². The molecule has 2 aliphatic rings. The van der Waals surface area contributed by atoms with E-state index in [9.17, 15) is 14.4 Å². The third kappa shape index (κ3) is 3.05. The Bertz CT molecular complexity index is 400. The molecule has 19 heavy (non-hydrogen) atoms. The van der Waals surface area contributed by atoms with Crippen LogP contribution < -0.4 is 10.6 Å². The molecule has 0 atom stereocenters. The fourth-order valence-corrected chi connectivity index (χ4v) is 2.60. The number of carbonyl (C=O) groups excluding carboxylic acids is 3. The van der Waals surface area contributed by atoms with Gasteiger partial charge in [0.2, 0.25) is 5.91 Å². The molecule has 2 fully saturated rings. The summed E-state index contributed by atoms with van der Waals surface area (Å²) in [5.41, 5.74) is -0.862. The number of imide groups is 1. The Morgan fingerprint density at radius 3 is 2.53 bits per heavy atom. The molecule has 1 heterocycles. The summed E-state index contributed by atoms with van der Waals surface area (Å²) in [6, 6.07) is -0.143. The van der Waals surface area contributed by atoms with Crippen LogP contribution in [-0.2, 0) is 9.59 Å². The van der Waals surface area contributed by atoms with E-state index in [0.29, 0.717) is 0 Å². The monoisotopic (exact) mass is 267 g/mol.